The molecule has 1 aliphatic heterocycles. The van der Waals surface area contributed by atoms with Crippen molar-refractivity contribution in [1.29, 1.82) is 0 Å². The molecule has 5 nitrogen and oxygen atoms in total. The van der Waals surface area contributed by atoms with Crippen molar-refractivity contribution >= 4 is 40.6 Å². The highest BCUT2D eigenvalue weighted by Crippen LogP contribution is 2.25. The second kappa shape index (κ2) is 7.15. The summed E-state index contributed by atoms with van der Waals surface area (Å²) in [4.78, 5) is 14.4. The lowest BCUT2D eigenvalue weighted by Crippen LogP contribution is -2.30. The maximum atomic E-state index is 12.2. The van der Waals surface area contributed by atoms with Crippen LogP contribution in [0.1, 0.15) is 29.8 Å². The van der Waals surface area contributed by atoms with Gasteiger partial charge < -0.3 is 10.2 Å². The Morgan fingerprint density at radius 1 is 1.00 bits per heavy atom. The molecule has 3 rings (SSSR count). The second-order valence-corrected chi connectivity index (χ2v) is 6.22. The zero-order chi connectivity index (χ0) is 16.2. The SMILES string of the molecule is O=C(Nc1ccc(Cl)c(Cl)c1)c1ccc(N2CCCCC2)nn1. The normalized spacial score (nSPS) is 14.6. The van der Waals surface area contributed by atoms with E-state index in [0.29, 0.717) is 15.7 Å². The molecule has 23 heavy (non-hydrogen) atoms. The smallest absolute Gasteiger partial charge is 0.276 e. The van der Waals surface area contributed by atoms with Gasteiger partial charge in [0, 0.05) is 18.8 Å². The van der Waals surface area contributed by atoms with Crippen molar-refractivity contribution in [2.75, 3.05) is 23.3 Å². The van der Waals surface area contributed by atoms with Crippen LogP contribution in [0.5, 0.6) is 0 Å². The van der Waals surface area contributed by atoms with E-state index in [-0.39, 0.29) is 11.6 Å². The van der Waals surface area contributed by atoms with Crippen LogP contribution in [0.3, 0.4) is 0 Å². The summed E-state index contributed by atoms with van der Waals surface area (Å²) in [7, 11) is 0. The standard InChI is InChI=1S/C16H16Cl2N4O/c17-12-5-4-11(10-13(12)18)19-16(23)14-6-7-15(21-20-14)22-8-2-1-3-9-22/h4-7,10H,1-3,8-9H2,(H,19,23). The minimum Gasteiger partial charge on any atom is -0.355 e. The molecule has 0 spiro atoms. The summed E-state index contributed by atoms with van der Waals surface area (Å²) in [6, 6.07) is 8.43. The van der Waals surface area contributed by atoms with Gasteiger partial charge in [0.25, 0.3) is 5.91 Å². The van der Waals surface area contributed by atoms with Crippen molar-refractivity contribution in [3.8, 4) is 0 Å². The van der Waals surface area contributed by atoms with Crippen molar-refractivity contribution in [3.05, 3.63) is 46.1 Å². The van der Waals surface area contributed by atoms with Gasteiger partial charge >= 0.3 is 0 Å². The van der Waals surface area contributed by atoms with E-state index in [1.54, 1.807) is 24.3 Å². The Morgan fingerprint density at radius 2 is 1.78 bits per heavy atom. The predicted octanol–water partition coefficient (Wildman–Crippen LogP) is 4.03. The molecule has 1 aliphatic rings. The summed E-state index contributed by atoms with van der Waals surface area (Å²) in [5.41, 5.74) is 0.822. The summed E-state index contributed by atoms with van der Waals surface area (Å²) in [5, 5.41) is 11.7. The molecule has 0 unspecified atom stereocenters. The number of hydrogen-bond acceptors (Lipinski definition) is 4. The molecule has 1 N–H and O–H groups in total. The lowest BCUT2D eigenvalue weighted by Gasteiger charge is -2.27. The number of piperidine rings is 1. The van der Waals surface area contributed by atoms with Crippen molar-refractivity contribution < 1.29 is 4.79 Å². The first-order valence-corrected chi connectivity index (χ1v) is 8.24. The molecule has 1 amide bonds. The number of halogens is 2. The molecule has 0 saturated carbocycles. The van der Waals surface area contributed by atoms with E-state index in [1.807, 2.05) is 6.07 Å². The zero-order valence-corrected chi connectivity index (χ0v) is 13.9. The van der Waals surface area contributed by atoms with Gasteiger partial charge in [-0.3, -0.25) is 4.79 Å². The van der Waals surface area contributed by atoms with Gasteiger partial charge in [-0.25, -0.2) is 0 Å². The van der Waals surface area contributed by atoms with Gasteiger partial charge in [0.05, 0.1) is 10.0 Å². The zero-order valence-electron chi connectivity index (χ0n) is 12.4. The first-order chi connectivity index (χ1) is 11.1. The van der Waals surface area contributed by atoms with E-state index in [2.05, 4.69) is 20.4 Å². The Morgan fingerprint density at radius 3 is 2.43 bits per heavy atom. The lowest BCUT2D eigenvalue weighted by molar-refractivity contribution is 0.102. The van der Waals surface area contributed by atoms with Crippen molar-refractivity contribution in [2.45, 2.75) is 19.3 Å². The second-order valence-electron chi connectivity index (χ2n) is 5.41. The summed E-state index contributed by atoms with van der Waals surface area (Å²) in [6.07, 6.45) is 3.59. The Labute approximate surface area is 144 Å². The molecule has 7 heteroatoms. The highest BCUT2D eigenvalue weighted by molar-refractivity contribution is 6.42. The average Bonchev–Trinajstić information content (AvgIpc) is 2.59. The number of hydrogen-bond donors (Lipinski definition) is 1. The quantitative estimate of drug-likeness (QED) is 0.907. The molecule has 1 fully saturated rings. The first-order valence-electron chi connectivity index (χ1n) is 7.48. The van der Waals surface area contributed by atoms with E-state index in [4.69, 9.17) is 23.2 Å². The third-order valence-electron chi connectivity index (χ3n) is 3.74. The van der Waals surface area contributed by atoms with Crippen LogP contribution in [0.2, 0.25) is 10.0 Å². The summed E-state index contributed by atoms with van der Waals surface area (Å²) in [5.74, 6) is 0.483. The molecule has 0 aliphatic carbocycles. The average molecular weight is 351 g/mol. The van der Waals surface area contributed by atoms with E-state index in [0.717, 1.165) is 18.9 Å². The van der Waals surface area contributed by atoms with Gasteiger partial charge in [0.15, 0.2) is 11.5 Å². The molecule has 1 saturated heterocycles. The Hall–Kier alpha value is -1.85. The number of anilines is 2. The van der Waals surface area contributed by atoms with E-state index in [1.165, 1.54) is 19.3 Å². The molecule has 2 heterocycles. The largest absolute Gasteiger partial charge is 0.355 e. The number of carbonyl (C=O) groups excluding carboxylic acids is 1. The number of rotatable bonds is 3. The summed E-state index contributed by atoms with van der Waals surface area (Å²) < 4.78 is 0. The number of aromatic nitrogens is 2. The minimum atomic E-state index is -0.332. The van der Waals surface area contributed by atoms with Crippen LogP contribution < -0.4 is 10.2 Å². The fraction of sp³-hybridized carbons (Fsp3) is 0.312. The van der Waals surface area contributed by atoms with Gasteiger partial charge in [0.1, 0.15) is 0 Å². The van der Waals surface area contributed by atoms with Crippen LogP contribution in [0.15, 0.2) is 30.3 Å². The monoisotopic (exact) mass is 350 g/mol. The maximum absolute atomic E-state index is 12.2. The topological polar surface area (TPSA) is 58.1 Å². The number of carbonyl (C=O) groups is 1. The third kappa shape index (κ3) is 3.92. The fourth-order valence-electron chi connectivity index (χ4n) is 2.51. The van der Waals surface area contributed by atoms with Gasteiger partial charge in [-0.05, 0) is 49.6 Å². The van der Waals surface area contributed by atoms with Crippen molar-refractivity contribution in [2.24, 2.45) is 0 Å². The Kier molecular flexibility index (Phi) is 4.98. The van der Waals surface area contributed by atoms with Crippen LogP contribution in [0, 0.1) is 0 Å². The van der Waals surface area contributed by atoms with Gasteiger partial charge in [-0.1, -0.05) is 23.2 Å². The highest BCUT2D eigenvalue weighted by atomic mass is 35.5. The van der Waals surface area contributed by atoms with Crippen LogP contribution in [0.4, 0.5) is 11.5 Å². The number of nitrogens with one attached hydrogen (secondary N) is 1. The lowest BCUT2D eigenvalue weighted by atomic mass is 10.1. The van der Waals surface area contributed by atoms with Crippen molar-refractivity contribution in [3.63, 3.8) is 0 Å². The predicted molar refractivity (Wildman–Crippen MR) is 92.5 cm³/mol. The van der Waals surface area contributed by atoms with E-state index >= 15 is 0 Å². The molecular formula is C16H16Cl2N4O. The van der Waals surface area contributed by atoms with Crippen LogP contribution in [0.25, 0.3) is 0 Å². The van der Waals surface area contributed by atoms with Crippen LogP contribution >= 0.6 is 23.2 Å². The molecular weight excluding hydrogens is 335 g/mol. The van der Waals surface area contributed by atoms with Gasteiger partial charge in [0.2, 0.25) is 0 Å². The molecule has 2 aromatic rings. The number of nitrogens with zero attached hydrogens (tertiary/aromatic N) is 3. The van der Waals surface area contributed by atoms with Crippen molar-refractivity contribution in [1.82, 2.24) is 10.2 Å². The molecule has 0 bridgehead atoms. The Balaban J connectivity index is 1.68. The number of benzene rings is 1. The summed E-state index contributed by atoms with van der Waals surface area (Å²) >= 11 is 11.8. The van der Waals surface area contributed by atoms with Crippen LogP contribution in [-0.4, -0.2) is 29.2 Å². The molecule has 120 valence electrons. The molecule has 1 aromatic heterocycles. The summed E-state index contributed by atoms with van der Waals surface area (Å²) in [6.45, 7) is 1.98. The molecule has 0 atom stereocenters. The molecule has 0 radical (unpaired) electrons. The Bertz CT molecular complexity index is 700. The van der Waals surface area contributed by atoms with Gasteiger partial charge in [-0.2, -0.15) is 0 Å². The first kappa shape index (κ1) is 16.0. The van der Waals surface area contributed by atoms with E-state index in [9.17, 15) is 4.79 Å². The highest BCUT2D eigenvalue weighted by Gasteiger charge is 2.14. The van der Waals surface area contributed by atoms with Crippen LogP contribution in [-0.2, 0) is 0 Å². The third-order valence-corrected chi connectivity index (χ3v) is 4.48. The maximum Gasteiger partial charge on any atom is 0.276 e. The fourth-order valence-corrected chi connectivity index (χ4v) is 2.81. The van der Waals surface area contributed by atoms with Gasteiger partial charge in [-0.15, -0.1) is 10.2 Å². The number of amides is 1. The van der Waals surface area contributed by atoms with E-state index < -0.39 is 0 Å². The molecule has 1 aromatic carbocycles. The minimum absolute atomic E-state index is 0.261.